The highest BCUT2D eigenvalue weighted by Gasteiger charge is 2.17. The molecule has 234 valence electrons. The molecule has 10 aromatic rings. The second kappa shape index (κ2) is 11.7. The predicted octanol–water partition coefficient (Wildman–Crippen LogP) is 13.1. The maximum atomic E-state index is 9.38. The SMILES string of the molecule is [2H]c1c(-c2ncnc3c2oc2ccc(-c4c([2H])c([2H])c([2H])c(-c5c([2H])c([2H])c(-c6c([2H])c([2H])c([2H])c([2H])c6[2H])c([2H])c5[2H])c4[2H])cc23)cc(-c2c([2H])c([2H])c([2H])c3c2sc2c([2H])c([2H])c([2H])c([2H])c23)c([2H])c1[2H]. The monoisotopic (exact) mass is 679 g/mol. The number of benzene rings is 7. The van der Waals surface area contributed by atoms with Crippen molar-refractivity contribution in [3.8, 4) is 55.8 Å². The second-order valence-corrected chi connectivity index (χ2v) is 11.8. The van der Waals surface area contributed by atoms with Crippen LogP contribution in [0.5, 0.6) is 0 Å². The quantitative estimate of drug-likeness (QED) is 0.182. The molecule has 0 unspecified atom stereocenters. The molecule has 0 spiro atoms. The van der Waals surface area contributed by atoms with Gasteiger partial charge in [0.1, 0.15) is 23.1 Å². The molecule has 3 aromatic heterocycles. The van der Waals surface area contributed by atoms with Crippen molar-refractivity contribution in [3.63, 3.8) is 0 Å². The molecule has 0 saturated carbocycles. The molecule has 10 rings (SSSR count). The maximum absolute atomic E-state index is 9.38. The zero-order valence-electron chi connectivity index (χ0n) is 48.1. The van der Waals surface area contributed by atoms with Crippen molar-refractivity contribution in [2.75, 3.05) is 0 Å². The molecule has 0 aliphatic heterocycles. The molecule has 0 radical (unpaired) electrons. The van der Waals surface area contributed by atoms with Crippen LogP contribution >= 0.6 is 11.3 Å². The summed E-state index contributed by atoms with van der Waals surface area (Å²) in [6, 6.07) is -9.81. The number of hydrogen-bond donors (Lipinski definition) is 0. The van der Waals surface area contributed by atoms with E-state index in [1.807, 2.05) is 0 Å². The normalized spacial score (nSPS) is 18.0. The first-order valence-electron chi connectivity index (χ1n) is 26.3. The first kappa shape index (κ1) is 13.9. The Morgan fingerprint density at radius 3 is 2.02 bits per heavy atom. The number of fused-ring (bicyclic) bond motifs is 6. The third kappa shape index (κ3) is 4.80. The lowest BCUT2D eigenvalue weighted by molar-refractivity contribution is 0.667. The molecule has 3 heterocycles. The van der Waals surface area contributed by atoms with Crippen LogP contribution in [0.15, 0.2) is 174 Å². The van der Waals surface area contributed by atoms with Gasteiger partial charge in [-0.1, -0.05) is 133 Å². The molecule has 7 aromatic carbocycles. The van der Waals surface area contributed by atoms with E-state index in [1.165, 1.54) is 24.3 Å². The number of furan rings is 1. The summed E-state index contributed by atoms with van der Waals surface area (Å²) in [5.74, 6) is 0. The third-order valence-corrected chi connectivity index (χ3v) is 9.06. The Balaban J connectivity index is 1.16. The maximum Gasteiger partial charge on any atom is 0.180 e. The molecular formula is C46H28N2OS. The van der Waals surface area contributed by atoms with E-state index in [4.69, 9.17) is 34.6 Å². The van der Waals surface area contributed by atoms with E-state index in [0.29, 0.717) is 0 Å². The van der Waals surface area contributed by atoms with Crippen LogP contribution in [-0.4, -0.2) is 9.97 Å². The van der Waals surface area contributed by atoms with Gasteiger partial charge in [-0.2, -0.15) is 0 Å². The fraction of sp³-hybridized carbons (Fsp3) is 0. The van der Waals surface area contributed by atoms with E-state index in [-0.39, 0.29) is 75.8 Å². The van der Waals surface area contributed by atoms with Gasteiger partial charge in [0.2, 0.25) is 0 Å². The number of nitrogens with zero attached hydrogens (tertiary/aromatic N) is 2. The highest BCUT2D eigenvalue weighted by molar-refractivity contribution is 7.26. The Kier molecular flexibility index (Phi) is 3.23. The minimum absolute atomic E-state index is 0.0453. The number of hydrogen-bond acceptors (Lipinski definition) is 4. The van der Waals surface area contributed by atoms with E-state index < -0.39 is 161 Å². The van der Waals surface area contributed by atoms with E-state index in [1.54, 1.807) is 0 Å². The third-order valence-electron chi connectivity index (χ3n) is 7.93. The molecule has 0 fully saturated rings. The summed E-state index contributed by atoms with van der Waals surface area (Å²) < 4.78 is 206. The number of aromatic nitrogens is 2. The van der Waals surface area contributed by atoms with Crippen molar-refractivity contribution in [2.24, 2.45) is 0 Å². The molecule has 4 heteroatoms. The van der Waals surface area contributed by atoms with Gasteiger partial charge in [-0.25, -0.2) is 9.97 Å². The summed E-state index contributed by atoms with van der Waals surface area (Å²) in [6.07, 6.45) is 1.12. The lowest BCUT2D eigenvalue weighted by Crippen LogP contribution is -1.88. The van der Waals surface area contributed by atoms with Gasteiger partial charge in [0.05, 0.1) is 31.5 Å². The Morgan fingerprint density at radius 2 is 1.16 bits per heavy atom. The molecule has 0 N–H and O–H groups in total. The predicted molar refractivity (Wildman–Crippen MR) is 209 cm³/mol. The Bertz CT molecular complexity index is 4150. The van der Waals surface area contributed by atoms with Crippen LogP contribution in [0.4, 0.5) is 0 Å². The molecule has 0 amide bonds. The number of rotatable bonds is 5. The summed E-state index contributed by atoms with van der Waals surface area (Å²) in [7, 11) is 0. The molecule has 0 saturated heterocycles. The van der Waals surface area contributed by atoms with Crippen LogP contribution in [0.1, 0.15) is 31.5 Å². The molecule has 0 bridgehead atoms. The standard InChI is InChI=1S/C46H28N2OS/c1-2-9-29(10-3-1)30-19-21-31(22-20-30)32-11-6-12-33(25-32)34-23-24-41-40(27-34)44-45(49-41)43(47-28-48-44)36-14-7-13-35(26-36)37-16-8-17-39-38-15-4-5-18-42(38)50-46(37)39/h1-28H/i1D,2D,3D,4D,5D,6D,7D,8D,9D,10D,11D,12D,13D,14D,15D,16D,17D,18D,19D,20D,21D,22D,25D. The van der Waals surface area contributed by atoms with Crippen molar-refractivity contribution in [1.29, 1.82) is 0 Å². The first-order chi connectivity index (χ1) is 34.3. The van der Waals surface area contributed by atoms with Crippen molar-refractivity contribution in [3.05, 3.63) is 170 Å². The van der Waals surface area contributed by atoms with Crippen molar-refractivity contribution in [2.45, 2.75) is 0 Å². The highest BCUT2D eigenvalue weighted by atomic mass is 32.1. The van der Waals surface area contributed by atoms with E-state index >= 15 is 0 Å². The molecule has 0 aliphatic rings. The van der Waals surface area contributed by atoms with Crippen molar-refractivity contribution < 1.29 is 35.9 Å². The van der Waals surface area contributed by atoms with Crippen LogP contribution in [0, 0.1) is 0 Å². The van der Waals surface area contributed by atoms with E-state index in [2.05, 4.69) is 9.97 Å². The minimum Gasteiger partial charge on any atom is -0.452 e. The van der Waals surface area contributed by atoms with Gasteiger partial charge in [-0.15, -0.1) is 11.3 Å². The topological polar surface area (TPSA) is 38.9 Å². The molecule has 50 heavy (non-hydrogen) atoms. The van der Waals surface area contributed by atoms with Crippen molar-refractivity contribution >= 4 is 53.6 Å². The van der Waals surface area contributed by atoms with Crippen molar-refractivity contribution in [1.82, 2.24) is 9.97 Å². The van der Waals surface area contributed by atoms with Gasteiger partial charge >= 0.3 is 0 Å². The highest BCUT2D eigenvalue weighted by Crippen LogP contribution is 2.41. The average molecular weight is 680 g/mol. The molecule has 0 aliphatic carbocycles. The van der Waals surface area contributed by atoms with E-state index in [0.717, 1.165) is 17.7 Å². The van der Waals surface area contributed by atoms with Gasteiger partial charge in [-0.3, -0.25) is 0 Å². The average Bonchev–Trinajstić information content (AvgIpc) is 3.96. The Morgan fingerprint density at radius 1 is 0.500 bits per heavy atom. The summed E-state index contributed by atoms with van der Waals surface area (Å²) >= 11 is 0.834. The smallest absolute Gasteiger partial charge is 0.180 e. The van der Waals surface area contributed by atoms with E-state index in [9.17, 15) is 1.37 Å². The van der Waals surface area contributed by atoms with Gasteiger partial charge in [0.25, 0.3) is 0 Å². The lowest BCUT2D eigenvalue weighted by Gasteiger charge is -2.08. The van der Waals surface area contributed by atoms with Crippen LogP contribution in [0.25, 0.3) is 98.0 Å². The zero-order valence-corrected chi connectivity index (χ0v) is 25.9. The van der Waals surface area contributed by atoms with Gasteiger partial charge < -0.3 is 4.42 Å². The number of thiophene rings is 1. The fourth-order valence-corrected chi connectivity index (χ4v) is 6.72. The second-order valence-electron chi connectivity index (χ2n) is 10.8. The van der Waals surface area contributed by atoms with Crippen LogP contribution < -0.4 is 0 Å². The first-order valence-corrected chi connectivity index (χ1v) is 15.7. The van der Waals surface area contributed by atoms with Gasteiger partial charge in [-0.05, 0) is 74.8 Å². The fourth-order valence-electron chi connectivity index (χ4n) is 5.64. The summed E-state index contributed by atoms with van der Waals surface area (Å²) in [4.78, 5) is 8.81. The Labute approximate surface area is 325 Å². The summed E-state index contributed by atoms with van der Waals surface area (Å²) in [5, 5.41) is 0.130. The summed E-state index contributed by atoms with van der Waals surface area (Å²) in [5.41, 5.74) is -2.89. The summed E-state index contributed by atoms with van der Waals surface area (Å²) in [6.45, 7) is 0. The minimum atomic E-state index is -0.853. The molecule has 3 nitrogen and oxygen atoms in total. The van der Waals surface area contributed by atoms with Crippen LogP contribution in [0.2, 0.25) is 0 Å². The lowest BCUT2D eigenvalue weighted by atomic mass is 9.96. The van der Waals surface area contributed by atoms with Gasteiger partial charge in [0.15, 0.2) is 5.58 Å². The molecular weight excluding hydrogens is 629 g/mol. The largest absolute Gasteiger partial charge is 0.452 e. The zero-order chi connectivity index (χ0) is 53.0. The van der Waals surface area contributed by atoms with Gasteiger partial charge in [0, 0.05) is 31.1 Å². The molecule has 0 atom stereocenters. The van der Waals surface area contributed by atoms with Crippen LogP contribution in [-0.2, 0) is 0 Å². The van der Waals surface area contributed by atoms with Crippen LogP contribution in [0.3, 0.4) is 0 Å². The Hall–Kier alpha value is -6.36.